The van der Waals surface area contributed by atoms with Crippen LogP contribution in [0, 0.1) is 0 Å². The van der Waals surface area contributed by atoms with E-state index in [1.807, 2.05) is 24.3 Å². The molecule has 0 radical (unpaired) electrons. The van der Waals surface area contributed by atoms with Gasteiger partial charge in [-0.2, -0.15) is 4.37 Å². The van der Waals surface area contributed by atoms with Crippen molar-refractivity contribution in [2.45, 2.75) is 31.6 Å². The summed E-state index contributed by atoms with van der Waals surface area (Å²) in [6.45, 7) is 0.829. The normalized spacial score (nSPS) is 15.2. The van der Waals surface area contributed by atoms with E-state index in [2.05, 4.69) is 9.36 Å². The van der Waals surface area contributed by atoms with E-state index in [-0.39, 0.29) is 24.6 Å². The summed E-state index contributed by atoms with van der Waals surface area (Å²) in [7, 11) is 1.58. The van der Waals surface area contributed by atoms with Crippen molar-refractivity contribution in [1.82, 2.24) is 18.8 Å². The number of benzene rings is 2. The van der Waals surface area contributed by atoms with Crippen LogP contribution in [-0.4, -0.2) is 60.7 Å². The fourth-order valence-electron chi connectivity index (χ4n) is 4.44. The monoisotopic (exact) mass is 506 g/mol. The molecule has 186 valence electrons. The average molecular weight is 507 g/mol. The topological polar surface area (TPSA) is 118 Å². The number of aliphatic hydroxyl groups is 2. The van der Waals surface area contributed by atoms with Crippen molar-refractivity contribution in [3.05, 3.63) is 76.3 Å². The van der Waals surface area contributed by atoms with Crippen LogP contribution in [-0.2, 0) is 13.2 Å². The number of rotatable bonds is 6. The minimum atomic E-state index is -1.12. The first-order valence-corrected chi connectivity index (χ1v) is 12.4. The van der Waals surface area contributed by atoms with Crippen LogP contribution in [0.15, 0.2) is 59.7 Å². The lowest BCUT2D eigenvalue weighted by atomic mass is 9.91. The molecule has 2 N–H and O–H groups in total. The number of piperidine rings is 1. The van der Waals surface area contributed by atoms with E-state index in [9.17, 15) is 19.8 Å². The molecule has 10 heteroatoms. The summed E-state index contributed by atoms with van der Waals surface area (Å²) in [5.41, 5.74) is 1.94. The summed E-state index contributed by atoms with van der Waals surface area (Å²) in [5.74, 6) is 0.590. The van der Waals surface area contributed by atoms with Crippen molar-refractivity contribution >= 4 is 27.7 Å². The zero-order chi connectivity index (χ0) is 25.3. The fourth-order valence-corrected chi connectivity index (χ4v) is 5.25. The number of carbonyl (C=O) groups is 1. The number of aliphatic hydroxyl groups excluding tert-OH is 1. The minimum Gasteiger partial charge on any atom is -0.497 e. The molecule has 0 bridgehead atoms. The molecule has 0 spiro atoms. The Balaban J connectivity index is 1.29. The van der Waals surface area contributed by atoms with Crippen molar-refractivity contribution in [1.29, 1.82) is 0 Å². The molecule has 4 aromatic rings. The largest absolute Gasteiger partial charge is 0.497 e. The fraction of sp³-hybridized carbons (Fsp3) is 0.308. The zero-order valence-electron chi connectivity index (χ0n) is 19.8. The molecule has 36 heavy (non-hydrogen) atoms. The summed E-state index contributed by atoms with van der Waals surface area (Å²) >= 11 is 1.09. The predicted molar refractivity (Wildman–Crippen MR) is 136 cm³/mol. The molecule has 3 heterocycles. The molecule has 1 amide bonds. The number of amides is 1. The third kappa shape index (κ3) is 4.62. The first-order valence-electron chi connectivity index (χ1n) is 11.6. The highest BCUT2D eigenvalue weighted by atomic mass is 32.1. The third-order valence-electron chi connectivity index (χ3n) is 6.64. The van der Waals surface area contributed by atoms with E-state index in [0.29, 0.717) is 53.2 Å². The molecule has 0 saturated carbocycles. The number of carbonyl (C=O) groups excluding carboxylic acids is 1. The highest BCUT2D eigenvalue weighted by Gasteiger charge is 2.35. The van der Waals surface area contributed by atoms with Crippen LogP contribution in [0.3, 0.4) is 0 Å². The van der Waals surface area contributed by atoms with E-state index >= 15 is 0 Å². The Kier molecular flexibility index (Phi) is 6.57. The van der Waals surface area contributed by atoms with Crippen LogP contribution >= 0.6 is 11.5 Å². The van der Waals surface area contributed by atoms with E-state index < -0.39 is 5.60 Å². The molecule has 5 rings (SSSR count). The van der Waals surface area contributed by atoms with Gasteiger partial charge in [-0.3, -0.25) is 14.2 Å². The highest BCUT2D eigenvalue weighted by molar-refractivity contribution is 7.13. The summed E-state index contributed by atoms with van der Waals surface area (Å²) in [4.78, 5) is 32.2. The van der Waals surface area contributed by atoms with E-state index in [0.717, 1.165) is 22.7 Å². The smallest absolute Gasteiger partial charge is 0.273 e. The Hall–Kier alpha value is -3.60. The van der Waals surface area contributed by atoms with Crippen molar-refractivity contribution in [2.75, 3.05) is 20.2 Å². The maximum absolute atomic E-state index is 13.2. The Labute approximate surface area is 211 Å². The van der Waals surface area contributed by atoms with Crippen LogP contribution in [0.25, 0.3) is 21.5 Å². The first-order chi connectivity index (χ1) is 17.4. The second-order valence-electron chi connectivity index (χ2n) is 8.99. The molecule has 2 aromatic carbocycles. The maximum Gasteiger partial charge on any atom is 0.273 e. The summed E-state index contributed by atoms with van der Waals surface area (Å²) in [6, 6.07) is 14.3. The standard InChI is InChI=1S/C26H26N4O5S/c1-35-20-8-6-19(7-9-20)24(32)29-12-10-26(34,11-13-29)15-30-16-27-22-21(28-36-23(22)25(30)33)18-4-2-17(14-31)3-5-18/h2-9,16,31,34H,10-15H2,1H3. The van der Waals surface area contributed by atoms with Crippen LogP contribution < -0.4 is 10.3 Å². The molecule has 1 aliphatic rings. The number of hydrogen-bond donors (Lipinski definition) is 2. The molecular formula is C26H26N4O5S. The van der Waals surface area contributed by atoms with Gasteiger partial charge in [0, 0.05) is 24.2 Å². The van der Waals surface area contributed by atoms with Gasteiger partial charge < -0.3 is 19.8 Å². The van der Waals surface area contributed by atoms with E-state index in [1.165, 1.54) is 10.9 Å². The molecule has 1 saturated heterocycles. The van der Waals surface area contributed by atoms with Gasteiger partial charge in [0.05, 0.1) is 32.2 Å². The molecule has 0 atom stereocenters. The zero-order valence-corrected chi connectivity index (χ0v) is 20.6. The molecule has 1 aliphatic heterocycles. The number of hydrogen-bond acceptors (Lipinski definition) is 8. The van der Waals surface area contributed by atoms with Crippen LogP contribution in [0.5, 0.6) is 5.75 Å². The van der Waals surface area contributed by atoms with Crippen LogP contribution in [0.2, 0.25) is 0 Å². The lowest BCUT2D eigenvalue weighted by Crippen LogP contribution is -2.49. The first kappa shape index (κ1) is 24.1. The van der Waals surface area contributed by atoms with Crippen molar-refractivity contribution < 1.29 is 19.7 Å². The SMILES string of the molecule is COc1ccc(C(=O)N2CCC(O)(Cn3cnc4c(-c5ccc(CO)cc5)nsc4c3=O)CC2)cc1. The summed E-state index contributed by atoms with van der Waals surface area (Å²) in [6.07, 6.45) is 2.16. The number of nitrogens with zero attached hydrogens (tertiary/aromatic N) is 4. The molecule has 0 aliphatic carbocycles. The molecule has 9 nitrogen and oxygen atoms in total. The molecule has 0 unspecified atom stereocenters. The average Bonchev–Trinajstić information content (AvgIpc) is 3.35. The molecule has 1 fully saturated rings. The van der Waals surface area contributed by atoms with Crippen LogP contribution in [0.1, 0.15) is 28.8 Å². The van der Waals surface area contributed by atoms with Gasteiger partial charge in [0.1, 0.15) is 21.7 Å². The van der Waals surface area contributed by atoms with Gasteiger partial charge in [0.2, 0.25) is 0 Å². The Morgan fingerprint density at radius 2 is 1.81 bits per heavy atom. The van der Waals surface area contributed by atoms with Crippen molar-refractivity contribution in [2.24, 2.45) is 0 Å². The van der Waals surface area contributed by atoms with Gasteiger partial charge in [-0.15, -0.1) is 0 Å². The van der Waals surface area contributed by atoms with Gasteiger partial charge in [0.25, 0.3) is 11.5 Å². The second kappa shape index (κ2) is 9.81. The quantitative estimate of drug-likeness (QED) is 0.413. The number of methoxy groups -OCH3 is 1. The Morgan fingerprint density at radius 3 is 2.44 bits per heavy atom. The van der Waals surface area contributed by atoms with Gasteiger partial charge in [-0.05, 0) is 54.2 Å². The number of fused-ring (bicyclic) bond motifs is 1. The van der Waals surface area contributed by atoms with Gasteiger partial charge in [-0.1, -0.05) is 24.3 Å². The lowest BCUT2D eigenvalue weighted by molar-refractivity contribution is -0.0299. The van der Waals surface area contributed by atoms with Crippen molar-refractivity contribution in [3.8, 4) is 17.0 Å². The van der Waals surface area contributed by atoms with Gasteiger partial charge >= 0.3 is 0 Å². The predicted octanol–water partition coefficient (Wildman–Crippen LogP) is 2.69. The van der Waals surface area contributed by atoms with Crippen molar-refractivity contribution in [3.63, 3.8) is 0 Å². The van der Waals surface area contributed by atoms with E-state index in [4.69, 9.17) is 4.74 Å². The number of aromatic nitrogens is 3. The minimum absolute atomic E-state index is 0.0443. The van der Waals surface area contributed by atoms with E-state index in [1.54, 1.807) is 36.3 Å². The number of likely N-dealkylation sites (tertiary alicyclic amines) is 1. The van der Waals surface area contributed by atoms with Gasteiger partial charge in [-0.25, -0.2) is 4.98 Å². The third-order valence-corrected chi connectivity index (χ3v) is 7.47. The second-order valence-corrected chi connectivity index (χ2v) is 9.76. The molecular weight excluding hydrogens is 480 g/mol. The Bertz CT molecular complexity index is 1440. The van der Waals surface area contributed by atoms with Gasteiger partial charge in [0.15, 0.2) is 0 Å². The lowest BCUT2D eigenvalue weighted by Gasteiger charge is -2.38. The molecule has 2 aromatic heterocycles. The highest BCUT2D eigenvalue weighted by Crippen LogP contribution is 2.29. The van der Waals surface area contributed by atoms with Crippen LogP contribution in [0.4, 0.5) is 0 Å². The summed E-state index contributed by atoms with van der Waals surface area (Å²) < 4.78 is 11.4. The Morgan fingerprint density at radius 1 is 1.11 bits per heavy atom. The maximum atomic E-state index is 13.2. The summed E-state index contributed by atoms with van der Waals surface area (Å²) in [5, 5.41) is 20.5. The number of ether oxygens (including phenoxy) is 1.